The van der Waals surface area contributed by atoms with Crippen molar-refractivity contribution < 1.29 is 4.39 Å². The maximum Gasteiger partial charge on any atom is 0.191 e. The second-order valence-corrected chi connectivity index (χ2v) is 6.26. The molecule has 0 bridgehead atoms. The fourth-order valence-electron chi connectivity index (χ4n) is 3.12. The second kappa shape index (κ2) is 10.2. The standard InChI is InChI=1S/C18H31FN6/c1-4-24(5-2)12-7-11-22-18(20-3)23-15-9-13-25(14-15)17-16(19)8-6-10-21-17/h6,8,10,15H,4-5,7,9,11-14H2,1-3H3,(H2,20,22,23). The third-order valence-electron chi connectivity index (χ3n) is 4.63. The van der Waals surface area contributed by atoms with E-state index in [1.807, 2.05) is 4.90 Å². The Morgan fingerprint density at radius 3 is 2.92 bits per heavy atom. The van der Waals surface area contributed by atoms with Crippen LogP contribution in [0.15, 0.2) is 23.3 Å². The van der Waals surface area contributed by atoms with Crippen LogP contribution in [0.4, 0.5) is 10.2 Å². The van der Waals surface area contributed by atoms with E-state index in [0.717, 1.165) is 58.1 Å². The van der Waals surface area contributed by atoms with Gasteiger partial charge in [-0.25, -0.2) is 9.37 Å². The molecule has 7 heteroatoms. The van der Waals surface area contributed by atoms with Gasteiger partial charge in [0.05, 0.1) is 0 Å². The minimum atomic E-state index is -0.262. The Morgan fingerprint density at radius 1 is 1.44 bits per heavy atom. The summed E-state index contributed by atoms with van der Waals surface area (Å²) in [6.07, 6.45) is 3.66. The average Bonchev–Trinajstić information content (AvgIpc) is 3.09. The Morgan fingerprint density at radius 2 is 2.24 bits per heavy atom. The lowest BCUT2D eigenvalue weighted by Gasteiger charge is -2.21. The number of halogens is 1. The zero-order chi connectivity index (χ0) is 18.1. The maximum absolute atomic E-state index is 13.9. The summed E-state index contributed by atoms with van der Waals surface area (Å²) in [5.74, 6) is 0.990. The quantitative estimate of drug-likeness (QED) is 0.425. The molecule has 0 aliphatic carbocycles. The number of hydrogen-bond donors (Lipinski definition) is 2. The molecule has 1 aromatic rings. The summed E-state index contributed by atoms with van der Waals surface area (Å²) >= 11 is 0. The Balaban J connectivity index is 1.74. The molecule has 1 aliphatic rings. The van der Waals surface area contributed by atoms with E-state index in [2.05, 4.69) is 39.4 Å². The molecule has 1 aromatic heterocycles. The van der Waals surface area contributed by atoms with Gasteiger partial charge < -0.3 is 20.4 Å². The van der Waals surface area contributed by atoms with E-state index in [1.165, 1.54) is 6.07 Å². The maximum atomic E-state index is 13.9. The molecule has 0 aromatic carbocycles. The lowest BCUT2D eigenvalue weighted by molar-refractivity contribution is 0.300. The highest BCUT2D eigenvalue weighted by molar-refractivity contribution is 5.80. The van der Waals surface area contributed by atoms with Crippen molar-refractivity contribution in [1.82, 2.24) is 20.5 Å². The topological polar surface area (TPSA) is 55.8 Å². The highest BCUT2D eigenvalue weighted by Crippen LogP contribution is 2.20. The Kier molecular flexibility index (Phi) is 7.91. The van der Waals surface area contributed by atoms with Crippen molar-refractivity contribution in [1.29, 1.82) is 0 Å². The van der Waals surface area contributed by atoms with Crippen LogP contribution in [0.3, 0.4) is 0 Å². The monoisotopic (exact) mass is 350 g/mol. The molecule has 1 atom stereocenters. The third kappa shape index (κ3) is 5.85. The van der Waals surface area contributed by atoms with Crippen molar-refractivity contribution in [3.05, 3.63) is 24.1 Å². The van der Waals surface area contributed by atoms with E-state index in [1.54, 1.807) is 19.3 Å². The van der Waals surface area contributed by atoms with Crippen molar-refractivity contribution in [3.63, 3.8) is 0 Å². The SMILES string of the molecule is CCN(CC)CCCNC(=NC)NC1CCN(c2ncccc2F)C1. The van der Waals surface area contributed by atoms with Gasteiger partial charge in [-0.2, -0.15) is 0 Å². The first kappa shape index (κ1) is 19.4. The van der Waals surface area contributed by atoms with E-state index in [9.17, 15) is 4.39 Å². The van der Waals surface area contributed by atoms with E-state index in [0.29, 0.717) is 5.82 Å². The van der Waals surface area contributed by atoms with Crippen LogP contribution in [0.5, 0.6) is 0 Å². The predicted octanol–water partition coefficient (Wildman–Crippen LogP) is 1.70. The van der Waals surface area contributed by atoms with Crippen molar-refractivity contribution in [2.24, 2.45) is 4.99 Å². The zero-order valence-electron chi connectivity index (χ0n) is 15.6. The molecule has 2 N–H and O–H groups in total. The fourth-order valence-corrected chi connectivity index (χ4v) is 3.12. The molecule has 2 rings (SSSR count). The van der Waals surface area contributed by atoms with Crippen molar-refractivity contribution in [2.75, 3.05) is 51.2 Å². The molecule has 1 aliphatic heterocycles. The Bertz CT molecular complexity index is 546. The van der Waals surface area contributed by atoms with Gasteiger partial charge in [0.25, 0.3) is 0 Å². The molecule has 0 saturated carbocycles. The smallest absolute Gasteiger partial charge is 0.191 e. The van der Waals surface area contributed by atoms with Crippen molar-refractivity contribution in [2.45, 2.75) is 32.7 Å². The van der Waals surface area contributed by atoms with Crippen LogP contribution < -0.4 is 15.5 Å². The largest absolute Gasteiger partial charge is 0.356 e. The molecule has 25 heavy (non-hydrogen) atoms. The van der Waals surface area contributed by atoms with Crippen molar-refractivity contribution >= 4 is 11.8 Å². The van der Waals surface area contributed by atoms with Crippen molar-refractivity contribution in [3.8, 4) is 0 Å². The van der Waals surface area contributed by atoms with E-state index in [4.69, 9.17) is 0 Å². The first-order valence-electron chi connectivity index (χ1n) is 9.22. The second-order valence-electron chi connectivity index (χ2n) is 6.26. The van der Waals surface area contributed by atoms with Crippen LogP contribution in [0, 0.1) is 5.82 Å². The predicted molar refractivity (Wildman–Crippen MR) is 102 cm³/mol. The number of hydrogen-bond acceptors (Lipinski definition) is 4. The summed E-state index contributed by atoms with van der Waals surface area (Å²) in [5.41, 5.74) is 0. The lowest BCUT2D eigenvalue weighted by Crippen LogP contribution is -2.45. The number of anilines is 1. The molecule has 1 saturated heterocycles. The van der Waals surface area contributed by atoms with Crippen LogP contribution in [0.25, 0.3) is 0 Å². The Hall–Kier alpha value is -1.89. The van der Waals surface area contributed by atoms with Gasteiger partial charge in [-0.05, 0) is 44.6 Å². The highest BCUT2D eigenvalue weighted by atomic mass is 19.1. The van der Waals surface area contributed by atoms with Gasteiger partial charge in [-0.1, -0.05) is 13.8 Å². The molecule has 0 amide bonds. The molecule has 140 valence electrons. The number of nitrogens with one attached hydrogen (secondary N) is 2. The number of guanidine groups is 1. The van der Waals surface area contributed by atoms with Gasteiger partial charge in [-0.15, -0.1) is 0 Å². The molecule has 2 heterocycles. The summed E-state index contributed by atoms with van der Waals surface area (Å²) in [6.45, 7) is 10.1. The van der Waals surface area contributed by atoms with Gasteiger partial charge in [0.15, 0.2) is 17.6 Å². The van der Waals surface area contributed by atoms with E-state index >= 15 is 0 Å². The minimum Gasteiger partial charge on any atom is -0.356 e. The summed E-state index contributed by atoms with van der Waals surface area (Å²) in [7, 11) is 1.78. The molecule has 1 fully saturated rings. The van der Waals surface area contributed by atoms with Crippen LogP contribution in [-0.2, 0) is 0 Å². The molecule has 1 unspecified atom stereocenters. The van der Waals surface area contributed by atoms with Gasteiger partial charge in [0, 0.05) is 38.9 Å². The number of pyridine rings is 1. The zero-order valence-corrected chi connectivity index (χ0v) is 15.6. The number of rotatable bonds is 8. The third-order valence-corrected chi connectivity index (χ3v) is 4.63. The first-order valence-corrected chi connectivity index (χ1v) is 9.22. The van der Waals surface area contributed by atoms with Crippen LogP contribution >= 0.6 is 0 Å². The van der Waals surface area contributed by atoms with E-state index < -0.39 is 0 Å². The lowest BCUT2D eigenvalue weighted by atomic mass is 10.3. The van der Waals surface area contributed by atoms with Crippen LogP contribution in [0.1, 0.15) is 26.7 Å². The Labute approximate surface area is 150 Å². The highest BCUT2D eigenvalue weighted by Gasteiger charge is 2.25. The van der Waals surface area contributed by atoms with E-state index in [-0.39, 0.29) is 11.9 Å². The summed E-state index contributed by atoms with van der Waals surface area (Å²) < 4.78 is 13.9. The fraction of sp³-hybridized carbons (Fsp3) is 0.667. The normalized spacial score (nSPS) is 18.0. The average molecular weight is 350 g/mol. The van der Waals surface area contributed by atoms with Gasteiger partial charge in [0.2, 0.25) is 0 Å². The van der Waals surface area contributed by atoms with Crippen LogP contribution in [-0.4, -0.2) is 68.2 Å². The molecule has 0 radical (unpaired) electrons. The van der Waals surface area contributed by atoms with Gasteiger partial charge in [-0.3, -0.25) is 4.99 Å². The molecule has 0 spiro atoms. The van der Waals surface area contributed by atoms with Gasteiger partial charge in [0.1, 0.15) is 0 Å². The molecule has 6 nitrogen and oxygen atoms in total. The summed E-state index contributed by atoms with van der Waals surface area (Å²) in [5, 5.41) is 6.80. The molecular formula is C18H31FN6. The number of aliphatic imine (C=N–C) groups is 1. The molecular weight excluding hydrogens is 319 g/mol. The number of aromatic nitrogens is 1. The summed E-state index contributed by atoms with van der Waals surface area (Å²) in [4.78, 5) is 12.9. The van der Waals surface area contributed by atoms with Gasteiger partial charge >= 0.3 is 0 Å². The van der Waals surface area contributed by atoms with Crippen LogP contribution in [0.2, 0.25) is 0 Å². The summed E-state index contributed by atoms with van der Waals surface area (Å²) in [6, 6.07) is 3.32. The first-order chi connectivity index (χ1) is 12.2. The minimum absolute atomic E-state index is 0.246. The number of nitrogens with zero attached hydrogens (tertiary/aromatic N) is 4.